The normalized spacial score (nSPS) is 18.7. The van der Waals surface area contributed by atoms with Crippen molar-refractivity contribution in [2.75, 3.05) is 13.7 Å². The molecule has 1 aromatic carbocycles. The van der Waals surface area contributed by atoms with Crippen LogP contribution in [0.4, 0.5) is 0 Å². The van der Waals surface area contributed by atoms with Crippen molar-refractivity contribution >= 4 is 11.0 Å². The number of nitrogens with zero attached hydrogens (tertiary/aromatic N) is 2. The topological polar surface area (TPSA) is 88.8 Å². The summed E-state index contributed by atoms with van der Waals surface area (Å²) in [5, 5.41) is 3.85. The van der Waals surface area contributed by atoms with Crippen molar-refractivity contribution in [1.82, 2.24) is 20.3 Å². The molecule has 0 saturated carbocycles. The minimum atomic E-state index is 0.0219. The average Bonchev–Trinajstić information content (AvgIpc) is 3.14. The third-order valence-electron chi connectivity index (χ3n) is 5.65. The molecule has 2 aromatic heterocycles. The number of imidazole rings is 1. The summed E-state index contributed by atoms with van der Waals surface area (Å²) >= 11 is 0. The molecule has 0 radical (unpaired) electrons. The summed E-state index contributed by atoms with van der Waals surface area (Å²) in [7, 11) is 1.73. The zero-order chi connectivity index (χ0) is 19.3. The molecule has 28 heavy (non-hydrogen) atoms. The number of benzene rings is 1. The lowest BCUT2D eigenvalue weighted by atomic mass is 9.90. The Balaban J connectivity index is 1.55. The van der Waals surface area contributed by atoms with E-state index in [-0.39, 0.29) is 18.2 Å². The van der Waals surface area contributed by atoms with E-state index in [2.05, 4.69) is 27.4 Å². The Bertz CT molecular complexity index is 872. The number of methoxy groups -OCH3 is 1. The van der Waals surface area contributed by atoms with Crippen molar-refractivity contribution in [2.24, 2.45) is 5.73 Å². The lowest BCUT2D eigenvalue weighted by molar-refractivity contribution is 0.0897. The van der Waals surface area contributed by atoms with Gasteiger partial charge in [-0.25, -0.2) is 4.98 Å². The Morgan fingerprint density at radius 1 is 1.29 bits per heavy atom. The van der Waals surface area contributed by atoms with Crippen molar-refractivity contribution in [3.63, 3.8) is 0 Å². The van der Waals surface area contributed by atoms with Gasteiger partial charge < -0.3 is 20.8 Å². The lowest BCUT2D eigenvalue weighted by Crippen LogP contribution is -2.41. The smallest absolute Gasteiger partial charge is 0.108 e. The van der Waals surface area contributed by atoms with E-state index in [9.17, 15) is 0 Å². The van der Waals surface area contributed by atoms with Crippen LogP contribution in [0.1, 0.15) is 42.4 Å². The summed E-state index contributed by atoms with van der Waals surface area (Å²) in [6, 6.07) is 12.8. The minimum Gasteiger partial charge on any atom is -0.380 e. The predicted molar refractivity (Wildman–Crippen MR) is 111 cm³/mol. The SMILES string of the molecule is COC(CN)CC(Cc1nc2ccccc2[nH]1)NC1CCCc2cccnc21. The van der Waals surface area contributed by atoms with Crippen LogP contribution < -0.4 is 11.1 Å². The fraction of sp³-hybridized carbons (Fsp3) is 0.455. The summed E-state index contributed by atoms with van der Waals surface area (Å²) in [5.41, 5.74) is 10.5. The molecule has 0 saturated heterocycles. The second kappa shape index (κ2) is 8.82. The number of aryl methyl sites for hydroxylation is 1. The number of ether oxygens (including phenoxy) is 1. The van der Waals surface area contributed by atoms with E-state index in [1.165, 1.54) is 17.7 Å². The van der Waals surface area contributed by atoms with Gasteiger partial charge in [0.15, 0.2) is 0 Å². The highest BCUT2D eigenvalue weighted by Gasteiger charge is 2.26. The van der Waals surface area contributed by atoms with Crippen LogP contribution in [0.2, 0.25) is 0 Å². The first-order valence-corrected chi connectivity index (χ1v) is 10.1. The van der Waals surface area contributed by atoms with Crippen LogP contribution in [0.15, 0.2) is 42.6 Å². The first-order chi connectivity index (χ1) is 13.8. The van der Waals surface area contributed by atoms with E-state index in [0.717, 1.165) is 42.5 Å². The molecule has 1 aliphatic carbocycles. The molecule has 0 spiro atoms. The second-order valence-electron chi connectivity index (χ2n) is 7.59. The maximum atomic E-state index is 5.91. The number of aromatic nitrogens is 3. The molecular weight excluding hydrogens is 350 g/mol. The molecule has 0 amide bonds. The number of aromatic amines is 1. The van der Waals surface area contributed by atoms with E-state index < -0.39 is 0 Å². The summed E-state index contributed by atoms with van der Waals surface area (Å²) in [4.78, 5) is 12.9. The largest absolute Gasteiger partial charge is 0.380 e. The van der Waals surface area contributed by atoms with Gasteiger partial charge in [-0.05, 0) is 49.4 Å². The van der Waals surface area contributed by atoms with Crippen LogP contribution in [0, 0.1) is 0 Å². The van der Waals surface area contributed by atoms with Gasteiger partial charge in [0.1, 0.15) is 5.82 Å². The maximum Gasteiger partial charge on any atom is 0.108 e. The molecule has 3 unspecified atom stereocenters. The van der Waals surface area contributed by atoms with Gasteiger partial charge in [-0.3, -0.25) is 4.98 Å². The van der Waals surface area contributed by atoms with Crippen LogP contribution in [0.3, 0.4) is 0 Å². The highest BCUT2D eigenvalue weighted by atomic mass is 16.5. The molecule has 0 bridgehead atoms. The summed E-state index contributed by atoms with van der Waals surface area (Å²) in [5.74, 6) is 0.989. The van der Waals surface area contributed by atoms with E-state index >= 15 is 0 Å². The first kappa shape index (κ1) is 19.1. The van der Waals surface area contributed by atoms with Crippen molar-refractivity contribution in [3.8, 4) is 0 Å². The number of nitrogens with two attached hydrogens (primary N) is 1. The summed E-state index contributed by atoms with van der Waals surface area (Å²) < 4.78 is 5.57. The highest BCUT2D eigenvalue weighted by molar-refractivity contribution is 5.74. The standard InChI is InChI=1S/C22H29N5O/c1-28-17(14-23)12-16(13-21-26-18-8-2-3-9-19(18)27-21)25-20-10-4-6-15-7-5-11-24-22(15)20/h2-3,5,7-9,11,16-17,20,25H,4,6,10,12-14,23H2,1H3,(H,26,27). The lowest BCUT2D eigenvalue weighted by Gasteiger charge is -2.31. The Kier molecular flexibility index (Phi) is 6.00. The van der Waals surface area contributed by atoms with Gasteiger partial charge in [-0.1, -0.05) is 18.2 Å². The monoisotopic (exact) mass is 379 g/mol. The zero-order valence-electron chi connectivity index (χ0n) is 16.4. The first-order valence-electron chi connectivity index (χ1n) is 10.1. The van der Waals surface area contributed by atoms with Crippen molar-refractivity contribution < 1.29 is 4.74 Å². The molecule has 0 fully saturated rings. The molecular formula is C22H29N5O. The quantitative estimate of drug-likeness (QED) is 0.560. The van der Waals surface area contributed by atoms with Crippen LogP contribution in [-0.4, -0.2) is 40.8 Å². The molecule has 2 heterocycles. The fourth-order valence-electron chi connectivity index (χ4n) is 4.21. The Morgan fingerprint density at radius 3 is 3.00 bits per heavy atom. The number of fused-ring (bicyclic) bond motifs is 2. The van der Waals surface area contributed by atoms with Gasteiger partial charge >= 0.3 is 0 Å². The number of pyridine rings is 1. The third kappa shape index (κ3) is 4.24. The van der Waals surface area contributed by atoms with Crippen LogP contribution in [0.25, 0.3) is 11.0 Å². The molecule has 148 valence electrons. The van der Waals surface area contributed by atoms with Crippen molar-refractivity contribution in [3.05, 3.63) is 59.7 Å². The van der Waals surface area contributed by atoms with E-state index in [4.69, 9.17) is 15.5 Å². The second-order valence-corrected chi connectivity index (χ2v) is 7.59. The molecule has 0 aliphatic heterocycles. The Labute approximate surface area is 165 Å². The number of rotatable bonds is 8. The van der Waals surface area contributed by atoms with Gasteiger partial charge in [0, 0.05) is 38.4 Å². The van der Waals surface area contributed by atoms with Gasteiger partial charge in [0.2, 0.25) is 0 Å². The predicted octanol–water partition coefficient (Wildman–Crippen LogP) is 2.90. The number of para-hydroxylation sites is 2. The van der Waals surface area contributed by atoms with Gasteiger partial charge in [0.25, 0.3) is 0 Å². The Morgan fingerprint density at radius 2 is 2.18 bits per heavy atom. The van der Waals surface area contributed by atoms with E-state index in [1.807, 2.05) is 30.5 Å². The number of hydrogen-bond acceptors (Lipinski definition) is 5. The molecule has 3 aromatic rings. The summed E-state index contributed by atoms with van der Waals surface area (Å²) in [6.07, 6.45) is 6.94. The fourth-order valence-corrected chi connectivity index (χ4v) is 4.21. The van der Waals surface area contributed by atoms with Crippen LogP contribution >= 0.6 is 0 Å². The average molecular weight is 380 g/mol. The molecule has 4 N–H and O–H groups in total. The van der Waals surface area contributed by atoms with Gasteiger partial charge in [-0.2, -0.15) is 0 Å². The molecule has 1 aliphatic rings. The van der Waals surface area contributed by atoms with Gasteiger partial charge in [0.05, 0.1) is 22.8 Å². The number of nitrogens with one attached hydrogen (secondary N) is 2. The molecule has 3 atom stereocenters. The van der Waals surface area contributed by atoms with Gasteiger partial charge in [-0.15, -0.1) is 0 Å². The third-order valence-corrected chi connectivity index (χ3v) is 5.65. The molecule has 6 heteroatoms. The van der Waals surface area contributed by atoms with Crippen LogP contribution in [-0.2, 0) is 17.6 Å². The Hall–Kier alpha value is -2.28. The maximum absolute atomic E-state index is 5.91. The highest BCUT2D eigenvalue weighted by Crippen LogP contribution is 2.29. The summed E-state index contributed by atoms with van der Waals surface area (Å²) in [6.45, 7) is 0.508. The van der Waals surface area contributed by atoms with Crippen molar-refractivity contribution in [2.45, 2.75) is 50.3 Å². The van der Waals surface area contributed by atoms with E-state index in [0.29, 0.717) is 6.54 Å². The van der Waals surface area contributed by atoms with Crippen LogP contribution in [0.5, 0.6) is 0 Å². The zero-order valence-corrected chi connectivity index (χ0v) is 16.4. The number of H-pyrrole nitrogens is 1. The minimum absolute atomic E-state index is 0.0219. The van der Waals surface area contributed by atoms with Crippen molar-refractivity contribution in [1.29, 1.82) is 0 Å². The van der Waals surface area contributed by atoms with E-state index in [1.54, 1.807) is 7.11 Å². The number of hydrogen-bond donors (Lipinski definition) is 3. The molecule has 6 nitrogen and oxygen atoms in total. The molecule has 4 rings (SSSR count).